The molecule has 1 saturated heterocycles. The van der Waals surface area contributed by atoms with Crippen molar-refractivity contribution in [3.05, 3.63) is 144 Å². The van der Waals surface area contributed by atoms with Crippen LogP contribution in [-0.4, -0.2) is 21.6 Å². The topological polar surface area (TPSA) is 40.6 Å². The molecule has 0 aromatic heterocycles. The van der Waals surface area contributed by atoms with E-state index >= 15 is 0 Å². The molecule has 180 valence electrons. The lowest BCUT2D eigenvalue weighted by Crippen LogP contribution is -2.55. The molecule has 36 heavy (non-hydrogen) atoms. The van der Waals surface area contributed by atoms with Crippen LogP contribution in [0.25, 0.3) is 0 Å². The van der Waals surface area contributed by atoms with Gasteiger partial charge in [-0.1, -0.05) is 121 Å². The van der Waals surface area contributed by atoms with E-state index in [0.29, 0.717) is 19.6 Å². The predicted octanol–water partition coefficient (Wildman–Crippen LogP) is 6.01. The van der Waals surface area contributed by atoms with Crippen LogP contribution in [0.4, 0.5) is 0 Å². The van der Waals surface area contributed by atoms with E-state index in [9.17, 15) is 9.59 Å². The number of rotatable bonds is 9. The van der Waals surface area contributed by atoms with Crippen molar-refractivity contribution in [1.82, 2.24) is 9.80 Å². The average molecular weight is 475 g/mol. The number of nitrogens with zero attached hydrogens (tertiary/aromatic N) is 2. The highest BCUT2D eigenvalue weighted by atomic mass is 16.2. The number of benzene rings is 4. The van der Waals surface area contributed by atoms with E-state index in [1.165, 1.54) is 0 Å². The molecule has 1 fully saturated rings. The molecule has 0 unspecified atom stereocenters. The second kappa shape index (κ2) is 11.0. The Balaban J connectivity index is 1.37. The zero-order chi connectivity index (χ0) is 24.7. The van der Waals surface area contributed by atoms with Gasteiger partial charge in [0.1, 0.15) is 0 Å². The molecule has 1 heterocycles. The van der Waals surface area contributed by atoms with Crippen molar-refractivity contribution in [2.75, 3.05) is 0 Å². The van der Waals surface area contributed by atoms with E-state index in [1.54, 1.807) is 0 Å². The molecule has 0 radical (unpaired) electrons. The van der Waals surface area contributed by atoms with Crippen molar-refractivity contribution in [1.29, 1.82) is 0 Å². The quantitative estimate of drug-likeness (QED) is 0.279. The van der Waals surface area contributed by atoms with E-state index in [2.05, 4.69) is 12.1 Å². The van der Waals surface area contributed by atoms with E-state index in [-0.39, 0.29) is 30.2 Å². The van der Waals surface area contributed by atoms with Crippen molar-refractivity contribution in [2.24, 2.45) is 5.92 Å². The summed E-state index contributed by atoms with van der Waals surface area (Å²) in [6, 6.07) is 40.0. The highest BCUT2D eigenvalue weighted by Gasteiger charge is 2.48. The molecule has 2 atom stereocenters. The number of amides is 2. The fourth-order valence-corrected chi connectivity index (χ4v) is 5.00. The van der Waals surface area contributed by atoms with Gasteiger partial charge < -0.3 is 9.80 Å². The second-order valence-corrected chi connectivity index (χ2v) is 9.34. The fourth-order valence-electron chi connectivity index (χ4n) is 5.00. The third-order valence-electron chi connectivity index (χ3n) is 6.83. The van der Waals surface area contributed by atoms with Crippen LogP contribution in [0.3, 0.4) is 0 Å². The Labute approximate surface area is 212 Å². The molecule has 1 aliphatic heterocycles. The summed E-state index contributed by atoms with van der Waals surface area (Å²) < 4.78 is 0. The summed E-state index contributed by atoms with van der Waals surface area (Å²) in [7, 11) is 0. The summed E-state index contributed by atoms with van der Waals surface area (Å²) in [5.41, 5.74) is 4.31. The predicted molar refractivity (Wildman–Crippen MR) is 141 cm³/mol. The molecule has 4 aromatic rings. The Bertz CT molecular complexity index is 1240. The molecule has 0 N–H and O–H groups in total. The molecule has 5 rings (SSSR count). The number of hydrogen-bond acceptors (Lipinski definition) is 2. The fraction of sp³-hybridized carbons (Fsp3) is 0.188. The Morgan fingerprint density at radius 3 is 1.58 bits per heavy atom. The molecular formula is C32H30N2O2. The maximum absolute atomic E-state index is 13.7. The monoisotopic (exact) mass is 474 g/mol. The lowest BCUT2D eigenvalue weighted by atomic mass is 9.79. The van der Waals surface area contributed by atoms with Crippen LogP contribution in [0.15, 0.2) is 121 Å². The summed E-state index contributed by atoms with van der Waals surface area (Å²) in [6.07, 6.45) is 0.198. The SMILES string of the molecule is O=C(C[C@H]1C(=O)N(Cc2ccccc2)[C@H]1c1ccccc1)N(Cc1ccccc1)Cc1ccccc1. The summed E-state index contributed by atoms with van der Waals surface area (Å²) in [6.45, 7) is 1.57. The third-order valence-corrected chi connectivity index (χ3v) is 6.83. The first kappa shape index (κ1) is 23.6. The van der Waals surface area contributed by atoms with Crippen molar-refractivity contribution >= 4 is 11.8 Å². The molecule has 2 amide bonds. The van der Waals surface area contributed by atoms with Crippen LogP contribution in [0.5, 0.6) is 0 Å². The van der Waals surface area contributed by atoms with Crippen LogP contribution < -0.4 is 0 Å². The van der Waals surface area contributed by atoms with Gasteiger partial charge in [-0.3, -0.25) is 9.59 Å². The lowest BCUT2D eigenvalue weighted by Gasteiger charge is -2.48. The van der Waals surface area contributed by atoms with Gasteiger partial charge in [0, 0.05) is 26.1 Å². The molecule has 4 aromatic carbocycles. The van der Waals surface area contributed by atoms with Gasteiger partial charge in [-0.25, -0.2) is 0 Å². The number of hydrogen-bond donors (Lipinski definition) is 0. The minimum absolute atomic E-state index is 0.00125. The van der Waals surface area contributed by atoms with Gasteiger partial charge in [0.05, 0.1) is 12.0 Å². The smallest absolute Gasteiger partial charge is 0.229 e. The summed E-state index contributed by atoms with van der Waals surface area (Å²) in [5, 5.41) is 0. The van der Waals surface area contributed by atoms with Gasteiger partial charge in [-0.15, -0.1) is 0 Å². The van der Waals surface area contributed by atoms with Crippen molar-refractivity contribution in [2.45, 2.75) is 32.1 Å². The van der Waals surface area contributed by atoms with Gasteiger partial charge >= 0.3 is 0 Å². The maximum Gasteiger partial charge on any atom is 0.229 e. The van der Waals surface area contributed by atoms with Crippen LogP contribution in [0, 0.1) is 5.92 Å². The minimum atomic E-state index is -0.363. The van der Waals surface area contributed by atoms with Gasteiger partial charge in [-0.2, -0.15) is 0 Å². The lowest BCUT2D eigenvalue weighted by molar-refractivity contribution is -0.162. The highest BCUT2D eigenvalue weighted by Crippen LogP contribution is 2.43. The third kappa shape index (κ3) is 5.38. The second-order valence-electron chi connectivity index (χ2n) is 9.34. The molecule has 4 nitrogen and oxygen atoms in total. The van der Waals surface area contributed by atoms with Gasteiger partial charge in [-0.05, 0) is 22.3 Å². The molecule has 4 heteroatoms. The Hall–Kier alpha value is -4.18. The van der Waals surface area contributed by atoms with E-state index in [4.69, 9.17) is 0 Å². The molecule has 0 aliphatic carbocycles. The largest absolute Gasteiger partial charge is 0.334 e. The molecule has 0 saturated carbocycles. The van der Waals surface area contributed by atoms with Crippen LogP contribution in [0.2, 0.25) is 0 Å². The summed E-state index contributed by atoms with van der Waals surface area (Å²) in [4.78, 5) is 30.9. The van der Waals surface area contributed by atoms with Gasteiger partial charge in [0.25, 0.3) is 0 Å². The molecule has 1 aliphatic rings. The maximum atomic E-state index is 13.7. The van der Waals surface area contributed by atoms with Crippen LogP contribution in [-0.2, 0) is 29.2 Å². The first-order chi connectivity index (χ1) is 17.7. The summed E-state index contributed by atoms with van der Waals surface area (Å²) in [5.74, 6) is -0.320. The summed E-state index contributed by atoms with van der Waals surface area (Å²) >= 11 is 0. The minimum Gasteiger partial charge on any atom is -0.334 e. The number of β-lactam (4-membered cyclic amide) rings is 1. The molecule has 0 spiro atoms. The van der Waals surface area contributed by atoms with Gasteiger partial charge in [0.15, 0.2) is 0 Å². The first-order valence-corrected chi connectivity index (χ1v) is 12.4. The number of likely N-dealkylation sites (tertiary alicyclic amines) is 1. The van der Waals surface area contributed by atoms with Crippen molar-refractivity contribution in [3.8, 4) is 0 Å². The van der Waals surface area contributed by atoms with Crippen LogP contribution >= 0.6 is 0 Å². The normalized spacial score (nSPS) is 16.9. The first-order valence-electron chi connectivity index (χ1n) is 12.4. The standard InChI is InChI=1S/C32H30N2O2/c35-30(33(22-25-13-5-1-6-14-25)23-26-15-7-2-8-16-26)21-29-31(28-19-11-4-12-20-28)34(32(29)36)24-27-17-9-3-10-18-27/h1-20,29,31H,21-24H2/t29-,31+/m1/s1. The average Bonchev–Trinajstić information content (AvgIpc) is 2.94. The number of carbonyl (C=O) groups is 2. The van der Waals surface area contributed by atoms with Gasteiger partial charge in [0.2, 0.25) is 11.8 Å². The van der Waals surface area contributed by atoms with Crippen LogP contribution in [0.1, 0.15) is 34.7 Å². The van der Waals surface area contributed by atoms with Crippen molar-refractivity contribution < 1.29 is 9.59 Å². The Morgan fingerprint density at radius 2 is 1.08 bits per heavy atom. The highest BCUT2D eigenvalue weighted by molar-refractivity contribution is 5.91. The van der Waals surface area contributed by atoms with E-state index < -0.39 is 0 Å². The van der Waals surface area contributed by atoms with Crippen molar-refractivity contribution in [3.63, 3.8) is 0 Å². The van der Waals surface area contributed by atoms with E-state index in [1.807, 2.05) is 119 Å². The Kier molecular flexibility index (Phi) is 7.23. The molecule has 0 bridgehead atoms. The van der Waals surface area contributed by atoms with E-state index in [0.717, 1.165) is 22.3 Å². The zero-order valence-electron chi connectivity index (χ0n) is 20.2. The number of carbonyl (C=O) groups excluding carboxylic acids is 2. The zero-order valence-corrected chi connectivity index (χ0v) is 20.2. The molecular weight excluding hydrogens is 444 g/mol. The Morgan fingerprint density at radius 1 is 0.639 bits per heavy atom.